The van der Waals surface area contributed by atoms with Crippen LogP contribution in [0.4, 0.5) is 0 Å². The van der Waals surface area contributed by atoms with Gasteiger partial charge in [-0.3, -0.25) is 9.59 Å². The second-order valence-electron chi connectivity index (χ2n) is 6.09. The molecule has 0 fully saturated rings. The maximum Gasteiger partial charge on any atom is 0.317 e. The topological polar surface area (TPSA) is 52.6 Å². The van der Waals surface area contributed by atoms with Crippen LogP contribution in [0.5, 0.6) is 5.75 Å². The second kappa shape index (κ2) is 8.32. The number of thiophene rings is 1. The number of hydrogen-bond donors (Lipinski definition) is 0. The molecule has 1 aromatic carbocycles. The molecule has 136 valence electrons. The lowest BCUT2D eigenvalue weighted by Gasteiger charge is -2.29. The molecule has 0 saturated carbocycles. The first-order valence-electron chi connectivity index (χ1n) is 8.81. The van der Waals surface area contributed by atoms with Crippen molar-refractivity contribution in [2.75, 3.05) is 13.2 Å². The molecule has 1 heterocycles. The molecule has 1 aliphatic carbocycles. The smallest absolute Gasteiger partial charge is 0.317 e. The Labute approximate surface area is 157 Å². The molecule has 0 radical (unpaired) electrons. The number of esters is 1. The Hall–Kier alpha value is -2.40. The minimum atomic E-state index is -0.795. The first-order valence-corrected chi connectivity index (χ1v) is 9.69. The quantitative estimate of drug-likeness (QED) is 0.556. The predicted octanol–water partition coefficient (Wildman–Crippen LogP) is 4.47. The summed E-state index contributed by atoms with van der Waals surface area (Å²) < 4.78 is 10.7. The Morgan fingerprint density at radius 2 is 1.92 bits per heavy atom. The van der Waals surface area contributed by atoms with Gasteiger partial charge in [0.25, 0.3) is 0 Å². The SMILES string of the molecule is CCOC(=O)[C@@H]1C(=O)C=C(c2cccs2)C[C@H]1c1ccc(OCC)cc1. The lowest BCUT2D eigenvalue weighted by Crippen LogP contribution is -2.33. The van der Waals surface area contributed by atoms with Crippen LogP contribution < -0.4 is 4.74 Å². The molecule has 5 heteroatoms. The molecule has 2 atom stereocenters. The Kier molecular flexibility index (Phi) is 5.89. The van der Waals surface area contributed by atoms with Crippen molar-refractivity contribution in [3.63, 3.8) is 0 Å². The third-order valence-electron chi connectivity index (χ3n) is 4.46. The summed E-state index contributed by atoms with van der Waals surface area (Å²) in [5, 5.41) is 1.99. The zero-order valence-corrected chi connectivity index (χ0v) is 15.8. The van der Waals surface area contributed by atoms with Crippen LogP contribution in [0.15, 0.2) is 47.9 Å². The highest BCUT2D eigenvalue weighted by Crippen LogP contribution is 2.41. The second-order valence-corrected chi connectivity index (χ2v) is 7.04. The summed E-state index contributed by atoms with van der Waals surface area (Å²) in [5.41, 5.74) is 1.92. The summed E-state index contributed by atoms with van der Waals surface area (Å²) in [5.74, 6) is -0.883. The van der Waals surface area contributed by atoms with Gasteiger partial charge in [0.15, 0.2) is 5.78 Å². The Morgan fingerprint density at radius 3 is 2.54 bits per heavy atom. The molecule has 0 N–H and O–H groups in total. The number of ether oxygens (including phenoxy) is 2. The number of ketones is 1. The highest BCUT2D eigenvalue weighted by atomic mass is 32.1. The Bertz CT molecular complexity index is 790. The van der Waals surface area contributed by atoms with E-state index in [0.29, 0.717) is 13.0 Å². The Morgan fingerprint density at radius 1 is 1.15 bits per heavy atom. The molecular formula is C21H22O4S. The fraction of sp³-hybridized carbons (Fsp3) is 0.333. The van der Waals surface area contributed by atoms with Crippen molar-refractivity contribution in [1.82, 2.24) is 0 Å². The monoisotopic (exact) mass is 370 g/mol. The van der Waals surface area contributed by atoms with Gasteiger partial charge in [-0.05, 0) is 61.1 Å². The Balaban J connectivity index is 1.95. The van der Waals surface area contributed by atoms with Crippen molar-refractivity contribution < 1.29 is 19.1 Å². The van der Waals surface area contributed by atoms with Crippen LogP contribution in [-0.2, 0) is 14.3 Å². The van der Waals surface area contributed by atoms with Crippen molar-refractivity contribution in [3.8, 4) is 5.75 Å². The lowest BCUT2D eigenvalue weighted by atomic mass is 9.74. The lowest BCUT2D eigenvalue weighted by molar-refractivity contribution is -0.151. The largest absolute Gasteiger partial charge is 0.494 e. The highest BCUT2D eigenvalue weighted by Gasteiger charge is 2.39. The minimum Gasteiger partial charge on any atom is -0.494 e. The van der Waals surface area contributed by atoms with E-state index in [4.69, 9.17) is 9.47 Å². The van der Waals surface area contributed by atoms with Gasteiger partial charge in [0.1, 0.15) is 11.7 Å². The van der Waals surface area contributed by atoms with Gasteiger partial charge in [-0.25, -0.2) is 0 Å². The zero-order chi connectivity index (χ0) is 18.5. The van der Waals surface area contributed by atoms with Crippen molar-refractivity contribution >= 4 is 28.7 Å². The average Bonchev–Trinajstić information content (AvgIpc) is 3.17. The van der Waals surface area contributed by atoms with E-state index >= 15 is 0 Å². The molecule has 0 unspecified atom stereocenters. The predicted molar refractivity (Wildman–Crippen MR) is 102 cm³/mol. The fourth-order valence-electron chi connectivity index (χ4n) is 3.31. The maximum atomic E-state index is 12.8. The zero-order valence-electron chi connectivity index (χ0n) is 14.9. The van der Waals surface area contributed by atoms with Gasteiger partial charge in [0, 0.05) is 10.8 Å². The van der Waals surface area contributed by atoms with Gasteiger partial charge >= 0.3 is 5.97 Å². The van der Waals surface area contributed by atoms with Crippen molar-refractivity contribution in [1.29, 1.82) is 0 Å². The number of carbonyl (C=O) groups is 2. The highest BCUT2D eigenvalue weighted by molar-refractivity contribution is 7.11. The first-order chi connectivity index (χ1) is 12.6. The van der Waals surface area contributed by atoms with Gasteiger partial charge < -0.3 is 9.47 Å². The molecular weight excluding hydrogens is 348 g/mol. The molecule has 1 aromatic heterocycles. The van der Waals surface area contributed by atoms with E-state index in [-0.39, 0.29) is 18.3 Å². The molecule has 0 saturated heterocycles. The van der Waals surface area contributed by atoms with Crippen LogP contribution in [0.1, 0.15) is 36.6 Å². The first kappa shape index (κ1) is 18.4. The molecule has 0 bridgehead atoms. The normalized spacial score (nSPS) is 19.8. The minimum absolute atomic E-state index is 0.183. The molecule has 0 amide bonds. The third-order valence-corrected chi connectivity index (χ3v) is 5.41. The van der Waals surface area contributed by atoms with Crippen LogP contribution in [-0.4, -0.2) is 25.0 Å². The molecule has 1 aliphatic rings. The van der Waals surface area contributed by atoms with Crippen LogP contribution in [0.2, 0.25) is 0 Å². The van der Waals surface area contributed by atoms with Gasteiger partial charge in [0.2, 0.25) is 0 Å². The number of carbonyl (C=O) groups excluding carboxylic acids is 2. The van der Waals surface area contributed by atoms with E-state index < -0.39 is 11.9 Å². The number of hydrogen-bond acceptors (Lipinski definition) is 5. The third kappa shape index (κ3) is 3.88. The summed E-state index contributed by atoms with van der Waals surface area (Å²) >= 11 is 1.60. The van der Waals surface area contributed by atoms with Crippen LogP contribution in [0.3, 0.4) is 0 Å². The molecule has 26 heavy (non-hydrogen) atoms. The summed E-state index contributed by atoms with van der Waals surface area (Å²) in [6, 6.07) is 11.6. The van der Waals surface area contributed by atoms with E-state index in [0.717, 1.165) is 21.8 Å². The molecule has 0 spiro atoms. The number of allylic oxidation sites excluding steroid dienone is 2. The van der Waals surface area contributed by atoms with Crippen molar-refractivity contribution in [2.24, 2.45) is 5.92 Å². The number of benzene rings is 1. The summed E-state index contributed by atoms with van der Waals surface area (Å²) in [6.07, 6.45) is 2.24. The van der Waals surface area contributed by atoms with Gasteiger partial charge in [-0.1, -0.05) is 18.2 Å². The van der Waals surface area contributed by atoms with E-state index in [9.17, 15) is 9.59 Å². The summed E-state index contributed by atoms with van der Waals surface area (Å²) in [4.78, 5) is 26.3. The standard InChI is InChI=1S/C21H22O4S/c1-3-24-16-9-7-14(8-10-16)17-12-15(19-6-5-11-26-19)13-18(22)20(17)21(23)25-4-2/h5-11,13,17,20H,3-4,12H2,1-2H3/t17-,20-/m0/s1. The summed E-state index contributed by atoms with van der Waals surface area (Å²) in [6.45, 7) is 4.55. The maximum absolute atomic E-state index is 12.8. The van der Waals surface area contributed by atoms with Crippen LogP contribution >= 0.6 is 11.3 Å². The fourth-order valence-corrected chi connectivity index (χ4v) is 4.06. The van der Waals surface area contributed by atoms with Crippen molar-refractivity contribution in [3.05, 3.63) is 58.3 Å². The number of rotatable bonds is 6. The van der Waals surface area contributed by atoms with Crippen LogP contribution in [0, 0.1) is 5.92 Å². The molecule has 3 rings (SSSR count). The molecule has 0 aliphatic heterocycles. The average molecular weight is 370 g/mol. The van der Waals surface area contributed by atoms with Gasteiger partial charge in [-0.2, -0.15) is 0 Å². The van der Waals surface area contributed by atoms with Gasteiger partial charge in [-0.15, -0.1) is 11.3 Å². The van der Waals surface area contributed by atoms with E-state index in [2.05, 4.69) is 0 Å². The van der Waals surface area contributed by atoms with E-state index in [1.165, 1.54) is 0 Å². The molecule has 4 nitrogen and oxygen atoms in total. The van der Waals surface area contributed by atoms with Gasteiger partial charge in [0.05, 0.1) is 13.2 Å². The van der Waals surface area contributed by atoms with E-state index in [1.54, 1.807) is 24.3 Å². The molecule has 2 aromatic rings. The van der Waals surface area contributed by atoms with Crippen molar-refractivity contribution in [2.45, 2.75) is 26.2 Å². The van der Waals surface area contributed by atoms with Crippen LogP contribution in [0.25, 0.3) is 5.57 Å². The van der Waals surface area contributed by atoms with E-state index in [1.807, 2.05) is 48.7 Å². The summed E-state index contributed by atoms with van der Waals surface area (Å²) in [7, 11) is 0.